The van der Waals surface area contributed by atoms with Gasteiger partial charge in [0.2, 0.25) is 0 Å². The van der Waals surface area contributed by atoms with E-state index in [1.807, 2.05) is 0 Å². The van der Waals surface area contributed by atoms with Gasteiger partial charge in [0.15, 0.2) is 0 Å². The summed E-state index contributed by atoms with van der Waals surface area (Å²) in [7, 11) is 0. The van der Waals surface area contributed by atoms with Gasteiger partial charge >= 0.3 is 12.1 Å². The monoisotopic (exact) mass is 261 g/mol. The molecule has 0 fully saturated rings. The van der Waals surface area contributed by atoms with Crippen molar-refractivity contribution in [3.63, 3.8) is 0 Å². The van der Waals surface area contributed by atoms with E-state index >= 15 is 0 Å². The highest BCUT2D eigenvalue weighted by Crippen LogP contribution is 2.23. The van der Waals surface area contributed by atoms with Crippen LogP contribution in [0.5, 0.6) is 0 Å². The molecule has 1 aromatic carbocycles. The van der Waals surface area contributed by atoms with Crippen LogP contribution in [-0.4, -0.2) is 18.8 Å². The van der Waals surface area contributed by atoms with Gasteiger partial charge in [0.1, 0.15) is 0 Å². The second-order valence-corrected chi connectivity index (χ2v) is 3.76. The van der Waals surface area contributed by atoms with E-state index in [1.54, 1.807) is 6.92 Å². The Balaban J connectivity index is 2.84. The molecular weight excluding hydrogens is 247 g/mol. The summed E-state index contributed by atoms with van der Waals surface area (Å²) in [6, 6.07) is 4.24. The highest BCUT2D eigenvalue weighted by molar-refractivity contribution is 5.95. The highest BCUT2D eigenvalue weighted by atomic mass is 19.4. The number of carbonyl (C=O) groups is 1. The van der Waals surface area contributed by atoms with Crippen molar-refractivity contribution in [2.75, 3.05) is 12.3 Å². The van der Waals surface area contributed by atoms with Crippen molar-refractivity contribution in [1.82, 2.24) is 0 Å². The van der Waals surface area contributed by atoms with E-state index in [2.05, 4.69) is 0 Å². The standard InChI is InChI=1S/C12H14F3NO2/c1-2-18-11(17)9-7-8(3-4-10(9)16)5-6-12(13,14)15/h3-4,7H,2,5-6,16H2,1H3. The molecule has 18 heavy (non-hydrogen) atoms. The summed E-state index contributed by atoms with van der Waals surface area (Å²) in [5.74, 6) is -0.621. The van der Waals surface area contributed by atoms with Crippen LogP contribution < -0.4 is 5.73 Å². The first-order valence-corrected chi connectivity index (χ1v) is 5.45. The number of aryl methyl sites for hydroxylation is 1. The second kappa shape index (κ2) is 5.75. The minimum absolute atomic E-state index is 0.108. The number of esters is 1. The molecule has 0 unspecified atom stereocenters. The molecule has 0 saturated carbocycles. The second-order valence-electron chi connectivity index (χ2n) is 3.76. The fourth-order valence-corrected chi connectivity index (χ4v) is 1.43. The van der Waals surface area contributed by atoms with Gasteiger partial charge in [-0.3, -0.25) is 0 Å². The Bertz CT molecular complexity index is 430. The number of nitrogens with two attached hydrogens (primary N) is 1. The number of nitrogen functional groups attached to an aromatic ring is 1. The molecule has 1 rings (SSSR count). The van der Waals surface area contributed by atoms with Gasteiger partial charge in [-0.15, -0.1) is 0 Å². The maximum absolute atomic E-state index is 12.1. The number of ether oxygens (including phenoxy) is 1. The lowest BCUT2D eigenvalue weighted by Gasteiger charge is -2.09. The number of anilines is 1. The summed E-state index contributed by atoms with van der Waals surface area (Å²) in [5.41, 5.74) is 6.29. The van der Waals surface area contributed by atoms with E-state index in [0.29, 0.717) is 5.56 Å². The third kappa shape index (κ3) is 4.27. The van der Waals surface area contributed by atoms with Gasteiger partial charge in [0.05, 0.1) is 12.2 Å². The highest BCUT2D eigenvalue weighted by Gasteiger charge is 2.26. The summed E-state index contributed by atoms with van der Waals surface area (Å²) in [4.78, 5) is 11.5. The fraction of sp³-hybridized carbons (Fsp3) is 0.417. The van der Waals surface area contributed by atoms with Gasteiger partial charge in [0, 0.05) is 12.1 Å². The molecule has 0 aliphatic rings. The van der Waals surface area contributed by atoms with E-state index in [1.165, 1.54) is 18.2 Å². The van der Waals surface area contributed by atoms with Crippen molar-refractivity contribution >= 4 is 11.7 Å². The van der Waals surface area contributed by atoms with Gasteiger partial charge in [-0.25, -0.2) is 4.79 Å². The molecule has 100 valence electrons. The molecule has 1 aromatic rings. The van der Waals surface area contributed by atoms with E-state index in [9.17, 15) is 18.0 Å². The van der Waals surface area contributed by atoms with Crippen molar-refractivity contribution in [2.24, 2.45) is 0 Å². The molecule has 0 amide bonds. The maximum Gasteiger partial charge on any atom is 0.389 e. The Kier molecular flexibility index (Phi) is 4.58. The molecule has 3 nitrogen and oxygen atoms in total. The van der Waals surface area contributed by atoms with Gasteiger partial charge in [-0.05, 0) is 31.0 Å². The largest absolute Gasteiger partial charge is 0.462 e. The van der Waals surface area contributed by atoms with Crippen LogP contribution in [0.15, 0.2) is 18.2 Å². The maximum atomic E-state index is 12.1. The molecule has 0 saturated heterocycles. The minimum atomic E-state index is -4.22. The number of benzene rings is 1. The topological polar surface area (TPSA) is 52.3 Å². The summed E-state index contributed by atoms with van der Waals surface area (Å²) >= 11 is 0. The van der Waals surface area contributed by atoms with Gasteiger partial charge in [-0.1, -0.05) is 6.07 Å². The average Bonchev–Trinajstić information content (AvgIpc) is 2.27. The van der Waals surface area contributed by atoms with Crippen molar-refractivity contribution in [3.8, 4) is 0 Å². The Morgan fingerprint density at radius 3 is 2.61 bits per heavy atom. The van der Waals surface area contributed by atoms with Crippen LogP contribution in [0.1, 0.15) is 29.3 Å². The van der Waals surface area contributed by atoms with Gasteiger partial charge in [0.25, 0.3) is 0 Å². The number of halogens is 3. The number of hydrogen-bond acceptors (Lipinski definition) is 3. The first-order chi connectivity index (χ1) is 8.33. The van der Waals surface area contributed by atoms with Crippen molar-refractivity contribution in [2.45, 2.75) is 25.9 Å². The average molecular weight is 261 g/mol. The molecule has 0 heterocycles. The van der Waals surface area contributed by atoms with Crippen LogP contribution in [0.3, 0.4) is 0 Å². The van der Waals surface area contributed by atoms with E-state index < -0.39 is 18.6 Å². The van der Waals surface area contributed by atoms with E-state index in [-0.39, 0.29) is 24.3 Å². The molecule has 0 aliphatic carbocycles. The summed E-state index contributed by atoms with van der Waals surface area (Å²) in [5, 5.41) is 0. The van der Waals surface area contributed by atoms with Crippen LogP contribution in [0, 0.1) is 0 Å². The summed E-state index contributed by atoms with van der Waals surface area (Å²) < 4.78 is 41.0. The molecule has 0 aliphatic heterocycles. The number of hydrogen-bond donors (Lipinski definition) is 1. The van der Waals surface area contributed by atoms with Crippen LogP contribution >= 0.6 is 0 Å². The predicted octanol–water partition coefficient (Wildman–Crippen LogP) is 2.94. The molecule has 2 N–H and O–H groups in total. The minimum Gasteiger partial charge on any atom is -0.462 e. The van der Waals surface area contributed by atoms with Crippen LogP contribution in [0.25, 0.3) is 0 Å². The Morgan fingerprint density at radius 2 is 2.06 bits per heavy atom. The quantitative estimate of drug-likeness (QED) is 0.669. The van der Waals surface area contributed by atoms with Crippen LogP contribution in [-0.2, 0) is 11.2 Å². The number of carbonyl (C=O) groups excluding carboxylic acids is 1. The first-order valence-electron chi connectivity index (χ1n) is 5.45. The predicted molar refractivity (Wildman–Crippen MR) is 61.2 cm³/mol. The SMILES string of the molecule is CCOC(=O)c1cc(CCC(F)(F)F)ccc1N. The summed E-state index contributed by atoms with van der Waals surface area (Å²) in [6.45, 7) is 1.83. The van der Waals surface area contributed by atoms with Crippen molar-refractivity contribution < 1.29 is 22.7 Å². The Labute approximate surface area is 103 Å². The molecule has 0 aromatic heterocycles. The number of rotatable bonds is 4. The first kappa shape index (κ1) is 14.3. The van der Waals surface area contributed by atoms with Gasteiger partial charge < -0.3 is 10.5 Å². The van der Waals surface area contributed by atoms with Gasteiger partial charge in [-0.2, -0.15) is 13.2 Å². The van der Waals surface area contributed by atoms with E-state index in [0.717, 1.165) is 0 Å². The molecule has 6 heteroatoms. The molecule has 0 spiro atoms. The lowest BCUT2D eigenvalue weighted by Crippen LogP contribution is -2.11. The Morgan fingerprint density at radius 1 is 1.39 bits per heavy atom. The zero-order valence-electron chi connectivity index (χ0n) is 9.88. The van der Waals surface area contributed by atoms with E-state index in [4.69, 9.17) is 10.5 Å². The van der Waals surface area contributed by atoms with Crippen molar-refractivity contribution in [1.29, 1.82) is 0 Å². The smallest absolute Gasteiger partial charge is 0.389 e. The third-order valence-electron chi connectivity index (χ3n) is 2.31. The van der Waals surface area contributed by atoms with Crippen LogP contribution in [0.4, 0.5) is 18.9 Å². The summed E-state index contributed by atoms with van der Waals surface area (Å²) in [6.07, 6.45) is -5.33. The van der Waals surface area contributed by atoms with Crippen LogP contribution in [0.2, 0.25) is 0 Å². The lowest BCUT2D eigenvalue weighted by molar-refractivity contribution is -0.133. The third-order valence-corrected chi connectivity index (χ3v) is 2.31. The molecular formula is C12H14F3NO2. The zero-order valence-corrected chi connectivity index (χ0v) is 9.88. The molecule has 0 atom stereocenters. The Hall–Kier alpha value is -1.72. The molecule has 0 radical (unpaired) electrons. The molecule has 0 bridgehead atoms. The fourth-order valence-electron chi connectivity index (χ4n) is 1.43. The van der Waals surface area contributed by atoms with Crippen molar-refractivity contribution in [3.05, 3.63) is 29.3 Å². The number of alkyl halides is 3. The normalized spacial score (nSPS) is 11.3. The lowest BCUT2D eigenvalue weighted by atomic mass is 10.0. The zero-order chi connectivity index (χ0) is 13.8.